The summed E-state index contributed by atoms with van der Waals surface area (Å²) >= 11 is 13.5. The number of carbonyl (C=O) groups is 1. The van der Waals surface area contributed by atoms with E-state index in [2.05, 4.69) is 5.32 Å². The van der Waals surface area contributed by atoms with Gasteiger partial charge in [-0.05, 0) is 30.3 Å². The van der Waals surface area contributed by atoms with E-state index in [1.807, 2.05) is 18.2 Å². The Labute approximate surface area is 178 Å². The lowest BCUT2D eigenvalue weighted by molar-refractivity contribution is -0.113. The molecule has 10 heteroatoms. The maximum atomic E-state index is 12.8. The number of sulfonamides is 1. The van der Waals surface area contributed by atoms with Gasteiger partial charge in [0.25, 0.3) is 0 Å². The van der Waals surface area contributed by atoms with Gasteiger partial charge in [-0.1, -0.05) is 35.3 Å². The van der Waals surface area contributed by atoms with Gasteiger partial charge in [0.2, 0.25) is 15.9 Å². The monoisotopic (exact) mass is 460 g/mol. The second kappa shape index (κ2) is 9.47. The molecule has 0 atom stereocenters. The van der Waals surface area contributed by atoms with Crippen LogP contribution in [0, 0.1) is 0 Å². The van der Waals surface area contributed by atoms with Crippen LogP contribution >= 0.6 is 35.0 Å². The van der Waals surface area contributed by atoms with Crippen molar-refractivity contribution < 1.29 is 17.9 Å². The Hall–Kier alpha value is -1.29. The van der Waals surface area contributed by atoms with E-state index in [0.29, 0.717) is 23.9 Å². The lowest BCUT2D eigenvalue weighted by Crippen LogP contribution is -2.40. The summed E-state index contributed by atoms with van der Waals surface area (Å²) in [7, 11) is -3.76. The van der Waals surface area contributed by atoms with Crippen molar-refractivity contribution in [2.24, 2.45) is 0 Å². The molecule has 1 N–H and O–H groups in total. The molecule has 28 heavy (non-hydrogen) atoms. The third kappa shape index (κ3) is 5.20. The Morgan fingerprint density at radius 2 is 1.82 bits per heavy atom. The van der Waals surface area contributed by atoms with E-state index in [9.17, 15) is 13.2 Å². The van der Waals surface area contributed by atoms with Crippen molar-refractivity contribution in [3.05, 3.63) is 52.5 Å². The van der Waals surface area contributed by atoms with Gasteiger partial charge >= 0.3 is 0 Å². The number of morpholine rings is 1. The molecular weight excluding hydrogens is 443 g/mol. The second-order valence-electron chi connectivity index (χ2n) is 5.93. The number of benzene rings is 2. The summed E-state index contributed by atoms with van der Waals surface area (Å²) < 4.78 is 32.2. The molecule has 150 valence electrons. The zero-order valence-corrected chi connectivity index (χ0v) is 17.9. The normalized spacial score (nSPS) is 15.4. The van der Waals surface area contributed by atoms with Gasteiger partial charge in [-0.3, -0.25) is 4.79 Å². The molecule has 2 aromatic carbocycles. The molecule has 1 heterocycles. The van der Waals surface area contributed by atoms with E-state index in [1.165, 1.54) is 28.2 Å². The molecule has 1 aliphatic heterocycles. The largest absolute Gasteiger partial charge is 0.379 e. The van der Waals surface area contributed by atoms with Crippen LogP contribution in [0.5, 0.6) is 0 Å². The van der Waals surface area contributed by atoms with Crippen LogP contribution in [0.2, 0.25) is 10.0 Å². The third-order valence-corrected chi connectivity index (χ3v) is 7.89. The van der Waals surface area contributed by atoms with Crippen LogP contribution in [0.4, 0.5) is 5.69 Å². The summed E-state index contributed by atoms with van der Waals surface area (Å²) in [6.45, 7) is 1.21. The van der Waals surface area contributed by atoms with E-state index in [1.54, 1.807) is 12.1 Å². The fraction of sp³-hybridized carbons (Fsp3) is 0.278. The van der Waals surface area contributed by atoms with E-state index in [-0.39, 0.29) is 34.7 Å². The van der Waals surface area contributed by atoms with E-state index in [4.69, 9.17) is 27.9 Å². The van der Waals surface area contributed by atoms with Gasteiger partial charge in [0.05, 0.1) is 29.0 Å². The molecule has 0 aliphatic carbocycles. The van der Waals surface area contributed by atoms with Crippen LogP contribution in [0.3, 0.4) is 0 Å². The first-order valence-corrected chi connectivity index (χ1v) is 11.6. The maximum Gasteiger partial charge on any atom is 0.244 e. The number of anilines is 1. The van der Waals surface area contributed by atoms with Gasteiger partial charge in [-0.15, -0.1) is 11.8 Å². The number of hydrogen-bond donors (Lipinski definition) is 1. The lowest BCUT2D eigenvalue weighted by atomic mass is 10.3. The number of nitrogens with one attached hydrogen (secondary N) is 1. The minimum absolute atomic E-state index is 0.0346. The number of thioether (sulfide) groups is 1. The van der Waals surface area contributed by atoms with Crippen LogP contribution in [-0.2, 0) is 19.6 Å². The van der Waals surface area contributed by atoms with E-state index >= 15 is 0 Å². The summed E-state index contributed by atoms with van der Waals surface area (Å²) in [5.41, 5.74) is 0.362. The Balaban J connectivity index is 1.70. The third-order valence-electron chi connectivity index (χ3n) is 4.00. The van der Waals surface area contributed by atoms with Gasteiger partial charge in [-0.2, -0.15) is 4.31 Å². The number of amides is 1. The zero-order chi connectivity index (χ0) is 20.1. The van der Waals surface area contributed by atoms with Gasteiger partial charge in [0.15, 0.2) is 0 Å². The molecule has 0 spiro atoms. The molecule has 1 saturated heterocycles. The first kappa shape index (κ1) is 21.4. The summed E-state index contributed by atoms with van der Waals surface area (Å²) in [5.74, 6) is -0.139. The summed E-state index contributed by atoms with van der Waals surface area (Å²) in [6, 6.07) is 11.7. The van der Waals surface area contributed by atoms with Crippen molar-refractivity contribution in [1.82, 2.24) is 4.31 Å². The van der Waals surface area contributed by atoms with Crippen molar-refractivity contribution in [1.29, 1.82) is 0 Å². The molecule has 1 aliphatic rings. The number of ether oxygens (including phenoxy) is 1. The Bertz CT molecular complexity index is 964. The number of rotatable bonds is 6. The smallest absolute Gasteiger partial charge is 0.244 e. The summed E-state index contributed by atoms with van der Waals surface area (Å²) in [5, 5.41) is 3.39. The molecule has 0 unspecified atom stereocenters. The van der Waals surface area contributed by atoms with Crippen molar-refractivity contribution in [2.75, 3.05) is 37.4 Å². The second-order valence-corrected chi connectivity index (χ2v) is 9.67. The molecule has 1 fully saturated rings. The minimum Gasteiger partial charge on any atom is -0.379 e. The Kier molecular flexibility index (Phi) is 7.25. The standard InChI is InChI=1S/C18H18Cl2N2O4S2/c19-14-3-1-2-4-16(14)27-12-18(23)21-13-5-6-15(20)17(11-13)28(24,25)22-7-9-26-10-8-22/h1-6,11H,7-10,12H2,(H,21,23). The van der Waals surface area contributed by atoms with Gasteiger partial charge in [-0.25, -0.2) is 8.42 Å². The van der Waals surface area contributed by atoms with Crippen molar-refractivity contribution in [3.63, 3.8) is 0 Å². The Morgan fingerprint density at radius 3 is 2.54 bits per heavy atom. The number of nitrogens with zero attached hydrogens (tertiary/aromatic N) is 1. The minimum atomic E-state index is -3.76. The highest BCUT2D eigenvalue weighted by molar-refractivity contribution is 8.00. The molecule has 0 bridgehead atoms. The molecule has 6 nitrogen and oxygen atoms in total. The maximum absolute atomic E-state index is 12.8. The predicted molar refractivity (Wildman–Crippen MR) is 112 cm³/mol. The number of hydrogen-bond acceptors (Lipinski definition) is 5. The quantitative estimate of drug-likeness (QED) is 0.664. The van der Waals surface area contributed by atoms with Gasteiger partial charge < -0.3 is 10.1 Å². The van der Waals surface area contributed by atoms with E-state index < -0.39 is 10.0 Å². The SMILES string of the molecule is O=C(CSc1ccccc1Cl)Nc1ccc(Cl)c(S(=O)(=O)N2CCOCC2)c1. The summed E-state index contributed by atoms with van der Waals surface area (Å²) in [6.07, 6.45) is 0. The van der Waals surface area contributed by atoms with Crippen LogP contribution in [0.15, 0.2) is 52.3 Å². The summed E-state index contributed by atoms with van der Waals surface area (Å²) in [4.78, 5) is 13.0. The van der Waals surface area contributed by atoms with E-state index in [0.717, 1.165) is 4.90 Å². The van der Waals surface area contributed by atoms with Crippen LogP contribution in [0.25, 0.3) is 0 Å². The van der Waals surface area contributed by atoms with Crippen molar-refractivity contribution >= 4 is 56.6 Å². The van der Waals surface area contributed by atoms with Crippen molar-refractivity contribution in [3.8, 4) is 0 Å². The Morgan fingerprint density at radius 1 is 1.11 bits per heavy atom. The fourth-order valence-corrected chi connectivity index (χ4v) is 5.55. The zero-order valence-electron chi connectivity index (χ0n) is 14.7. The molecule has 0 radical (unpaired) electrons. The average Bonchev–Trinajstić information content (AvgIpc) is 2.69. The highest BCUT2D eigenvalue weighted by Crippen LogP contribution is 2.29. The van der Waals surface area contributed by atoms with Crippen LogP contribution in [-0.4, -0.2) is 50.7 Å². The molecule has 1 amide bonds. The molecule has 3 rings (SSSR count). The topological polar surface area (TPSA) is 75.7 Å². The molecule has 0 saturated carbocycles. The number of carbonyl (C=O) groups excluding carboxylic acids is 1. The average molecular weight is 461 g/mol. The first-order valence-electron chi connectivity index (χ1n) is 8.42. The molecule has 0 aromatic heterocycles. The fourth-order valence-electron chi connectivity index (χ4n) is 2.61. The lowest BCUT2D eigenvalue weighted by Gasteiger charge is -2.26. The number of halogens is 2. The molecular formula is C18H18Cl2N2O4S2. The highest BCUT2D eigenvalue weighted by Gasteiger charge is 2.28. The first-order chi connectivity index (χ1) is 13.4. The van der Waals surface area contributed by atoms with Crippen molar-refractivity contribution in [2.45, 2.75) is 9.79 Å². The van der Waals surface area contributed by atoms with Gasteiger partial charge in [0.1, 0.15) is 4.90 Å². The van der Waals surface area contributed by atoms with Crippen LogP contribution in [0.1, 0.15) is 0 Å². The van der Waals surface area contributed by atoms with Gasteiger partial charge in [0, 0.05) is 23.7 Å². The highest BCUT2D eigenvalue weighted by atomic mass is 35.5. The molecule has 2 aromatic rings. The van der Waals surface area contributed by atoms with Crippen LogP contribution < -0.4 is 5.32 Å². The predicted octanol–water partition coefficient (Wildman–Crippen LogP) is 3.75.